The van der Waals surface area contributed by atoms with Crippen LogP contribution in [0.2, 0.25) is 0 Å². The zero-order valence-electron chi connectivity index (χ0n) is 15.5. The van der Waals surface area contributed by atoms with Gasteiger partial charge < -0.3 is 15.0 Å². The maximum atomic E-state index is 5.53. The summed E-state index contributed by atoms with van der Waals surface area (Å²) in [5.74, 6) is 0.984. The van der Waals surface area contributed by atoms with E-state index in [1.54, 1.807) is 0 Å². The number of nitrogens with one attached hydrogen (secondary N) is 1. The van der Waals surface area contributed by atoms with Crippen LogP contribution in [0.3, 0.4) is 0 Å². The summed E-state index contributed by atoms with van der Waals surface area (Å²) in [6, 6.07) is 8.71. The van der Waals surface area contributed by atoms with Gasteiger partial charge in [-0.2, -0.15) is 11.8 Å². The molecule has 0 aliphatic carbocycles. The minimum Gasteiger partial charge on any atom is -0.381 e. The average Bonchev–Trinajstić information content (AvgIpc) is 2.61. The quantitative estimate of drug-likeness (QED) is 0.631. The van der Waals surface area contributed by atoms with Gasteiger partial charge in [-0.05, 0) is 38.5 Å². The Bertz CT molecular complexity index is 524. The first-order valence-electron chi connectivity index (χ1n) is 8.76. The molecule has 0 atom stereocenters. The van der Waals surface area contributed by atoms with Crippen LogP contribution in [0.5, 0.6) is 0 Å². The molecular weight excluding hydrogens is 318 g/mol. The molecule has 1 N–H and O–H groups in total. The summed E-state index contributed by atoms with van der Waals surface area (Å²) < 4.78 is 5.75. The molecule has 24 heavy (non-hydrogen) atoms. The van der Waals surface area contributed by atoms with Crippen LogP contribution < -0.4 is 5.32 Å². The van der Waals surface area contributed by atoms with Crippen molar-refractivity contribution in [3.05, 3.63) is 35.4 Å². The lowest BCUT2D eigenvalue weighted by Crippen LogP contribution is -2.41. The predicted octanol–water partition coefficient (Wildman–Crippen LogP) is 3.30. The number of benzene rings is 1. The first-order chi connectivity index (χ1) is 11.6. The topological polar surface area (TPSA) is 36.9 Å². The predicted molar refractivity (Wildman–Crippen MR) is 105 cm³/mol. The Labute approximate surface area is 151 Å². The van der Waals surface area contributed by atoms with Crippen molar-refractivity contribution in [2.24, 2.45) is 4.99 Å². The molecule has 4 nitrogen and oxygen atoms in total. The molecule has 1 heterocycles. The van der Waals surface area contributed by atoms with Gasteiger partial charge in [-0.1, -0.05) is 29.8 Å². The van der Waals surface area contributed by atoms with E-state index in [-0.39, 0.29) is 4.75 Å². The molecule has 0 unspecified atom stereocenters. The molecule has 0 radical (unpaired) electrons. The first kappa shape index (κ1) is 19.1. The Morgan fingerprint density at radius 1 is 1.29 bits per heavy atom. The summed E-state index contributed by atoms with van der Waals surface area (Å²) in [6.07, 6.45) is 4.36. The van der Waals surface area contributed by atoms with Crippen molar-refractivity contribution in [1.29, 1.82) is 0 Å². The number of aryl methyl sites for hydroxylation is 1. The number of thioether (sulfide) groups is 1. The van der Waals surface area contributed by atoms with Gasteiger partial charge in [0.05, 0.1) is 6.54 Å². The summed E-state index contributed by atoms with van der Waals surface area (Å²) in [6.45, 7) is 8.53. The maximum Gasteiger partial charge on any atom is 0.194 e. The Balaban J connectivity index is 2.04. The lowest BCUT2D eigenvalue weighted by Gasteiger charge is -2.34. The number of ether oxygens (including phenoxy) is 1. The summed E-state index contributed by atoms with van der Waals surface area (Å²) in [5, 5.41) is 3.43. The molecule has 1 fully saturated rings. The fraction of sp³-hybridized carbons (Fsp3) is 0.632. The highest BCUT2D eigenvalue weighted by atomic mass is 32.2. The fourth-order valence-electron chi connectivity index (χ4n) is 2.90. The third-order valence-electron chi connectivity index (χ3n) is 4.59. The first-order valence-corrected chi connectivity index (χ1v) is 9.99. The number of rotatable bonds is 6. The molecule has 1 saturated heterocycles. The summed E-state index contributed by atoms with van der Waals surface area (Å²) in [7, 11) is 2.11. The second-order valence-electron chi connectivity index (χ2n) is 6.51. The molecule has 0 bridgehead atoms. The SMILES string of the molecule is CCNC(=NCC1(SC)CCOCC1)N(C)Cc1ccc(C)cc1. The highest BCUT2D eigenvalue weighted by molar-refractivity contribution is 8.00. The van der Waals surface area contributed by atoms with Crippen molar-refractivity contribution in [2.45, 2.75) is 38.0 Å². The Morgan fingerprint density at radius 2 is 1.96 bits per heavy atom. The van der Waals surface area contributed by atoms with E-state index in [0.29, 0.717) is 0 Å². The number of hydrogen-bond donors (Lipinski definition) is 1. The van der Waals surface area contributed by atoms with E-state index in [4.69, 9.17) is 9.73 Å². The number of nitrogens with zero attached hydrogens (tertiary/aromatic N) is 2. The Kier molecular flexibility index (Phi) is 7.43. The van der Waals surface area contributed by atoms with Crippen LogP contribution in [0.1, 0.15) is 30.9 Å². The highest BCUT2D eigenvalue weighted by Gasteiger charge is 2.31. The van der Waals surface area contributed by atoms with Gasteiger partial charge in [0.1, 0.15) is 0 Å². The lowest BCUT2D eigenvalue weighted by atomic mass is 9.99. The molecule has 134 valence electrons. The van der Waals surface area contributed by atoms with Crippen LogP contribution in [-0.2, 0) is 11.3 Å². The molecule has 0 saturated carbocycles. The van der Waals surface area contributed by atoms with E-state index in [2.05, 4.69) is 61.6 Å². The summed E-state index contributed by atoms with van der Waals surface area (Å²) >= 11 is 1.94. The molecule has 5 heteroatoms. The van der Waals surface area contributed by atoms with Gasteiger partial charge in [0.15, 0.2) is 5.96 Å². The van der Waals surface area contributed by atoms with Crippen LogP contribution >= 0.6 is 11.8 Å². The Morgan fingerprint density at radius 3 is 2.54 bits per heavy atom. The number of aliphatic imine (C=N–C) groups is 1. The van der Waals surface area contributed by atoms with Crippen LogP contribution in [-0.4, -0.2) is 55.2 Å². The van der Waals surface area contributed by atoms with E-state index < -0.39 is 0 Å². The second kappa shape index (κ2) is 9.33. The molecule has 0 amide bonds. The van der Waals surface area contributed by atoms with Crippen LogP contribution in [0.25, 0.3) is 0 Å². The normalized spacial score (nSPS) is 17.6. The Hall–Kier alpha value is -1.20. The summed E-state index contributed by atoms with van der Waals surface area (Å²) in [4.78, 5) is 7.16. The smallest absolute Gasteiger partial charge is 0.194 e. The highest BCUT2D eigenvalue weighted by Crippen LogP contribution is 2.34. The standard InChI is InChI=1S/C19H31N3OS/c1-5-20-18(21-15-19(24-4)10-12-23-13-11-19)22(3)14-17-8-6-16(2)7-9-17/h6-9H,5,10-15H2,1-4H3,(H,20,21). The van der Waals surface area contributed by atoms with E-state index >= 15 is 0 Å². The van der Waals surface area contributed by atoms with Crippen LogP contribution in [0.15, 0.2) is 29.3 Å². The second-order valence-corrected chi connectivity index (χ2v) is 7.79. The van der Waals surface area contributed by atoms with Gasteiger partial charge in [-0.3, -0.25) is 4.99 Å². The average molecular weight is 350 g/mol. The van der Waals surface area contributed by atoms with E-state index in [0.717, 1.165) is 51.6 Å². The van der Waals surface area contributed by atoms with E-state index in [1.165, 1.54) is 11.1 Å². The number of hydrogen-bond acceptors (Lipinski definition) is 3. The molecule has 1 aromatic carbocycles. The third-order valence-corrected chi connectivity index (χ3v) is 5.99. The van der Waals surface area contributed by atoms with E-state index in [1.807, 2.05) is 11.8 Å². The maximum absolute atomic E-state index is 5.53. The molecular formula is C19H31N3OS. The molecule has 1 aliphatic heterocycles. The van der Waals surface area contributed by atoms with Gasteiger partial charge in [-0.15, -0.1) is 0 Å². The van der Waals surface area contributed by atoms with Crippen molar-refractivity contribution in [3.8, 4) is 0 Å². The molecule has 2 rings (SSSR count). The van der Waals surface area contributed by atoms with Crippen LogP contribution in [0.4, 0.5) is 0 Å². The van der Waals surface area contributed by atoms with Crippen LogP contribution in [0, 0.1) is 6.92 Å². The van der Waals surface area contributed by atoms with Crippen molar-refractivity contribution < 1.29 is 4.74 Å². The van der Waals surface area contributed by atoms with Gasteiger partial charge in [-0.25, -0.2) is 0 Å². The fourth-order valence-corrected chi connectivity index (χ4v) is 3.67. The van der Waals surface area contributed by atoms with Crippen molar-refractivity contribution in [2.75, 3.05) is 39.6 Å². The summed E-state index contributed by atoms with van der Waals surface area (Å²) in [5.41, 5.74) is 2.60. The number of guanidine groups is 1. The van der Waals surface area contributed by atoms with E-state index in [9.17, 15) is 0 Å². The lowest BCUT2D eigenvalue weighted by molar-refractivity contribution is 0.0793. The van der Waals surface area contributed by atoms with Crippen molar-refractivity contribution in [1.82, 2.24) is 10.2 Å². The minimum atomic E-state index is 0.226. The molecule has 0 aromatic heterocycles. The molecule has 1 aliphatic rings. The molecule has 0 spiro atoms. The van der Waals surface area contributed by atoms with Crippen molar-refractivity contribution >= 4 is 17.7 Å². The van der Waals surface area contributed by atoms with Crippen molar-refractivity contribution in [3.63, 3.8) is 0 Å². The van der Waals surface area contributed by atoms with Gasteiger partial charge >= 0.3 is 0 Å². The van der Waals surface area contributed by atoms with Gasteiger partial charge in [0, 0.05) is 38.1 Å². The van der Waals surface area contributed by atoms with Gasteiger partial charge in [0.25, 0.3) is 0 Å². The molecule has 1 aromatic rings. The largest absolute Gasteiger partial charge is 0.381 e. The minimum absolute atomic E-state index is 0.226. The van der Waals surface area contributed by atoms with Gasteiger partial charge in [0.2, 0.25) is 0 Å². The zero-order valence-corrected chi connectivity index (χ0v) is 16.3. The monoisotopic (exact) mass is 349 g/mol. The third kappa shape index (κ3) is 5.42. The zero-order chi connectivity index (χ0) is 17.4.